The molecule has 0 aliphatic carbocycles. The molecule has 23 heavy (non-hydrogen) atoms. The first-order valence-electron chi connectivity index (χ1n) is 6.66. The van der Waals surface area contributed by atoms with Crippen molar-refractivity contribution in [3.05, 3.63) is 71.4 Å². The fraction of sp³-hybridized carbons (Fsp3) is 0.0588. The van der Waals surface area contributed by atoms with E-state index in [-0.39, 0.29) is 11.4 Å². The van der Waals surface area contributed by atoms with Gasteiger partial charge in [-0.25, -0.2) is 13.6 Å². The number of carbonyl (C=O) groups is 2. The fourth-order valence-electron chi connectivity index (χ4n) is 1.73. The van der Waals surface area contributed by atoms with Crippen molar-refractivity contribution in [2.75, 3.05) is 0 Å². The van der Waals surface area contributed by atoms with E-state index in [2.05, 4.69) is 5.32 Å². The second-order valence-corrected chi connectivity index (χ2v) is 4.63. The quantitative estimate of drug-likeness (QED) is 0.536. The highest BCUT2D eigenvalue weighted by Gasteiger charge is 2.14. The second-order valence-electron chi connectivity index (χ2n) is 4.63. The van der Waals surface area contributed by atoms with Gasteiger partial charge in [-0.1, -0.05) is 12.1 Å². The van der Waals surface area contributed by atoms with Gasteiger partial charge in [-0.3, -0.25) is 4.79 Å². The summed E-state index contributed by atoms with van der Waals surface area (Å²) in [7, 11) is 0. The van der Waals surface area contributed by atoms with Crippen LogP contribution in [0.15, 0.2) is 54.2 Å². The molecule has 0 unspecified atom stereocenters. The van der Waals surface area contributed by atoms with Crippen molar-refractivity contribution in [1.29, 1.82) is 0 Å². The highest BCUT2D eigenvalue weighted by atomic mass is 19.1. The zero-order valence-electron chi connectivity index (χ0n) is 12.2. The lowest BCUT2D eigenvalue weighted by atomic mass is 10.2. The molecule has 4 nitrogen and oxygen atoms in total. The predicted molar refractivity (Wildman–Crippen MR) is 80.2 cm³/mol. The van der Waals surface area contributed by atoms with Gasteiger partial charge in [0, 0.05) is 6.92 Å². The molecule has 2 aromatic carbocycles. The Morgan fingerprint density at radius 3 is 2.00 bits per heavy atom. The van der Waals surface area contributed by atoms with E-state index in [1.54, 1.807) is 0 Å². The van der Waals surface area contributed by atoms with Crippen LogP contribution in [0.3, 0.4) is 0 Å². The molecule has 0 heterocycles. The third kappa shape index (κ3) is 5.03. The van der Waals surface area contributed by atoms with Crippen LogP contribution < -0.4 is 10.1 Å². The number of rotatable bonds is 4. The molecule has 2 rings (SSSR count). The van der Waals surface area contributed by atoms with Gasteiger partial charge >= 0.3 is 5.97 Å². The smallest absolute Gasteiger partial charge is 0.360 e. The van der Waals surface area contributed by atoms with Crippen molar-refractivity contribution < 1.29 is 23.1 Å². The Kier molecular flexibility index (Phi) is 5.19. The minimum atomic E-state index is -0.823. The van der Waals surface area contributed by atoms with E-state index < -0.39 is 23.5 Å². The highest BCUT2D eigenvalue weighted by molar-refractivity contribution is 5.98. The first-order valence-corrected chi connectivity index (χ1v) is 6.66. The van der Waals surface area contributed by atoms with Crippen LogP contribution >= 0.6 is 0 Å². The summed E-state index contributed by atoms with van der Waals surface area (Å²) in [6.45, 7) is 1.24. The summed E-state index contributed by atoms with van der Waals surface area (Å²) in [6.07, 6.45) is 1.35. The molecule has 0 spiro atoms. The standard InChI is InChI=1S/C17H13F2NO3/c1-11(21)20-16(10-12-2-4-13(18)5-3-12)17(22)23-15-8-6-14(19)7-9-15/h2-10H,1H3,(H,20,21). The summed E-state index contributed by atoms with van der Waals surface area (Å²) in [5.41, 5.74) is 0.389. The molecule has 2 aromatic rings. The maximum atomic E-state index is 12.9. The first kappa shape index (κ1) is 16.4. The van der Waals surface area contributed by atoms with Gasteiger partial charge in [-0.05, 0) is 48.0 Å². The van der Waals surface area contributed by atoms with E-state index in [0.717, 1.165) is 12.1 Å². The van der Waals surface area contributed by atoms with Gasteiger partial charge in [0.15, 0.2) is 0 Å². The summed E-state index contributed by atoms with van der Waals surface area (Å²) in [4.78, 5) is 23.4. The molecular weight excluding hydrogens is 304 g/mol. The van der Waals surface area contributed by atoms with Crippen molar-refractivity contribution in [1.82, 2.24) is 5.32 Å². The number of hydrogen-bond donors (Lipinski definition) is 1. The molecular formula is C17H13F2NO3. The monoisotopic (exact) mass is 317 g/mol. The van der Waals surface area contributed by atoms with Gasteiger partial charge in [-0.15, -0.1) is 0 Å². The molecule has 0 aliphatic rings. The summed E-state index contributed by atoms with van der Waals surface area (Å²) < 4.78 is 30.8. The van der Waals surface area contributed by atoms with Gasteiger partial charge in [0.05, 0.1) is 0 Å². The van der Waals surface area contributed by atoms with Crippen LogP contribution in [0.2, 0.25) is 0 Å². The van der Waals surface area contributed by atoms with Crippen molar-refractivity contribution in [3.63, 3.8) is 0 Å². The number of benzene rings is 2. The van der Waals surface area contributed by atoms with Crippen molar-refractivity contribution in [2.24, 2.45) is 0 Å². The number of hydrogen-bond acceptors (Lipinski definition) is 3. The molecule has 0 fully saturated rings. The minimum Gasteiger partial charge on any atom is -0.422 e. The van der Waals surface area contributed by atoms with Crippen LogP contribution in [0.25, 0.3) is 6.08 Å². The molecule has 1 amide bonds. The van der Waals surface area contributed by atoms with Crippen LogP contribution in [0.1, 0.15) is 12.5 Å². The Morgan fingerprint density at radius 1 is 0.957 bits per heavy atom. The average molecular weight is 317 g/mol. The fourth-order valence-corrected chi connectivity index (χ4v) is 1.73. The third-order valence-electron chi connectivity index (χ3n) is 2.74. The van der Waals surface area contributed by atoms with E-state index in [1.807, 2.05) is 0 Å². The lowest BCUT2D eigenvalue weighted by Gasteiger charge is -2.09. The van der Waals surface area contributed by atoms with Crippen LogP contribution in [0, 0.1) is 11.6 Å². The number of halogens is 2. The van der Waals surface area contributed by atoms with Gasteiger partial charge in [0.25, 0.3) is 0 Å². The van der Waals surface area contributed by atoms with E-state index in [0.29, 0.717) is 5.56 Å². The van der Waals surface area contributed by atoms with Gasteiger partial charge in [0.2, 0.25) is 5.91 Å². The van der Waals surface area contributed by atoms with Gasteiger partial charge in [0.1, 0.15) is 23.1 Å². The van der Waals surface area contributed by atoms with Gasteiger partial charge < -0.3 is 10.1 Å². The van der Waals surface area contributed by atoms with Crippen LogP contribution in [0.4, 0.5) is 8.78 Å². The first-order chi connectivity index (χ1) is 10.9. The molecule has 118 valence electrons. The van der Waals surface area contributed by atoms with Crippen molar-refractivity contribution in [3.8, 4) is 5.75 Å². The zero-order chi connectivity index (χ0) is 16.8. The van der Waals surface area contributed by atoms with E-state index in [9.17, 15) is 18.4 Å². The number of amides is 1. The number of ether oxygens (including phenoxy) is 1. The average Bonchev–Trinajstić information content (AvgIpc) is 2.50. The van der Waals surface area contributed by atoms with Crippen LogP contribution in [0.5, 0.6) is 5.75 Å². The highest BCUT2D eigenvalue weighted by Crippen LogP contribution is 2.14. The summed E-state index contributed by atoms with van der Waals surface area (Å²) in [5, 5.41) is 2.35. The molecule has 0 aromatic heterocycles. The van der Waals surface area contributed by atoms with Crippen LogP contribution in [-0.4, -0.2) is 11.9 Å². The van der Waals surface area contributed by atoms with Crippen LogP contribution in [-0.2, 0) is 9.59 Å². The molecule has 0 bridgehead atoms. The maximum Gasteiger partial charge on any atom is 0.360 e. The summed E-state index contributed by atoms with van der Waals surface area (Å²) in [5.74, 6) is -2.04. The number of carbonyl (C=O) groups excluding carboxylic acids is 2. The number of nitrogens with one attached hydrogen (secondary N) is 1. The lowest BCUT2D eigenvalue weighted by Crippen LogP contribution is -2.27. The van der Waals surface area contributed by atoms with Crippen molar-refractivity contribution in [2.45, 2.75) is 6.92 Å². The number of esters is 1. The second kappa shape index (κ2) is 7.31. The summed E-state index contributed by atoms with van der Waals surface area (Å²) >= 11 is 0. The molecule has 0 saturated carbocycles. The Hall–Kier alpha value is -3.02. The lowest BCUT2D eigenvalue weighted by molar-refractivity contribution is -0.132. The molecule has 0 radical (unpaired) electrons. The molecule has 0 aliphatic heterocycles. The molecule has 1 N–H and O–H groups in total. The predicted octanol–water partition coefficient (Wildman–Crippen LogP) is 3.05. The van der Waals surface area contributed by atoms with Gasteiger partial charge in [-0.2, -0.15) is 0 Å². The Labute approximate surface area is 131 Å². The third-order valence-corrected chi connectivity index (χ3v) is 2.74. The maximum absolute atomic E-state index is 12.9. The Bertz CT molecular complexity index is 737. The van der Waals surface area contributed by atoms with E-state index in [1.165, 1.54) is 49.4 Å². The SMILES string of the molecule is CC(=O)NC(=Cc1ccc(F)cc1)C(=O)Oc1ccc(F)cc1. The zero-order valence-corrected chi connectivity index (χ0v) is 12.2. The molecule has 0 atom stereocenters. The van der Waals surface area contributed by atoms with Crippen molar-refractivity contribution >= 4 is 18.0 Å². The minimum absolute atomic E-state index is 0.117. The molecule has 6 heteroatoms. The Balaban J connectivity index is 2.22. The van der Waals surface area contributed by atoms with E-state index in [4.69, 9.17) is 4.74 Å². The Morgan fingerprint density at radius 2 is 1.48 bits per heavy atom. The molecule has 0 saturated heterocycles. The topological polar surface area (TPSA) is 55.4 Å². The summed E-state index contributed by atoms with van der Waals surface area (Å²) in [6, 6.07) is 10.2. The largest absolute Gasteiger partial charge is 0.422 e. The van der Waals surface area contributed by atoms with E-state index >= 15 is 0 Å². The normalized spacial score (nSPS) is 11.0.